The Labute approximate surface area is 142 Å². The van der Waals surface area contributed by atoms with Crippen molar-refractivity contribution < 1.29 is 9.13 Å². The predicted molar refractivity (Wildman–Crippen MR) is 90.2 cm³/mol. The monoisotopic (exact) mass is 329 g/mol. The number of aromatic nitrogens is 2. The molecule has 0 amide bonds. The first-order valence-electron chi connectivity index (χ1n) is 8.71. The van der Waals surface area contributed by atoms with E-state index >= 15 is 0 Å². The summed E-state index contributed by atoms with van der Waals surface area (Å²) in [6.45, 7) is 3.78. The van der Waals surface area contributed by atoms with Crippen molar-refractivity contribution in [2.45, 2.75) is 37.3 Å². The van der Waals surface area contributed by atoms with Crippen LogP contribution in [-0.4, -0.2) is 40.0 Å². The molecule has 1 aromatic heterocycles. The van der Waals surface area contributed by atoms with Crippen LogP contribution in [0, 0.1) is 5.82 Å². The smallest absolute Gasteiger partial charge is 0.123 e. The SMILES string of the molecule is Cn1cc([C@H]2COC3(CCN(Cc4ccc(F)cc4)CC3)C2)cn1. The maximum atomic E-state index is 13.0. The Bertz CT molecular complexity index is 689. The second-order valence-corrected chi connectivity index (χ2v) is 7.25. The molecule has 0 radical (unpaired) electrons. The van der Waals surface area contributed by atoms with Gasteiger partial charge in [-0.1, -0.05) is 12.1 Å². The van der Waals surface area contributed by atoms with E-state index in [1.165, 1.54) is 11.1 Å². The third kappa shape index (κ3) is 3.23. The molecular weight excluding hydrogens is 305 g/mol. The van der Waals surface area contributed by atoms with Gasteiger partial charge >= 0.3 is 0 Å². The Balaban J connectivity index is 1.33. The number of hydrogen-bond acceptors (Lipinski definition) is 3. The Morgan fingerprint density at radius 3 is 2.67 bits per heavy atom. The molecule has 3 heterocycles. The summed E-state index contributed by atoms with van der Waals surface area (Å²) in [6.07, 6.45) is 7.33. The van der Waals surface area contributed by atoms with E-state index in [-0.39, 0.29) is 11.4 Å². The minimum atomic E-state index is -0.169. The van der Waals surface area contributed by atoms with Gasteiger partial charge in [0.05, 0.1) is 18.4 Å². The predicted octanol–water partition coefficient (Wildman–Crippen LogP) is 3.10. The summed E-state index contributed by atoms with van der Waals surface area (Å²) in [5, 5.41) is 4.29. The van der Waals surface area contributed by atoms with E-state index in [9.17, 15) is 4.39 Å². The number of hydrogen-bond donors (Lipinski definition) is 0. The van der Waals surface area contributed by atoms with Gasteiger partial charge in [0, 0.05) is 38.8 Å². The van der Waals surface area contributed by atoms with E-state index in [1.807, 2.05) is 30.1 Å². The molecule has 0 aliphatic carbocycles. The number of rotatable bonds is 3. The van der Waals surface area contributed by atoms with Crippen LogP contribution >= 0.6 is 0 Å². The van der Waals surface area contributed by atoms with E-state index in [0.29, 0.717) is 5.92 Å². The van der Waals surface area contributed by atoms with Crippen LogP contribution in [0.25, 0.3) is 0 Å². The van der Waals surface area contributed by atoms with Crippen LogP contribution in [0.5, 0.6) is 0 Å². The van der Waals surface area contributed by atoms with Crippen molar-refractivity contribution in [3.63, 3.8) is 0 Å². The van der Waals surface area contributed by atoms with E-state index in [0.717, 1.165) is 45.5 Å². The molecule has 5 heteroatoms. The molecule has 1 atom stereocenters. The second kappa shape index (κ2) is 6.30. The summed E-state index contributed by atoms with van der Waals surface area (Å²) < 4.78 is 21.1. The Kier molecular flexibility index (Phi) is 4.14. The van der Waals surface area contributed by atoms with Gasteiger partial charge in [-0.15, -0.1) is 0 Å². The third-order valence-electron chi connectivity index (χ3n) is 5.49. The summed E-state index contributed by atoms with van der Waals surface area (Å²) in [4.78, 5) is 2.44. The number of piperidine rings is 1. The zero-order chi connectivity index (χ0) is 16.6. The lowest BCUT2D eigenvalue weighted by atomic mass is 9.84. The Hall–Kier alpha value is -1.72. The van der Waals surface area contributed by atoms with Crippen LogP contribution in [0.4, 0.5) is 4.39 Å². The first-order chi connectivity index (χ1) is 11.6. The number of nitrogens with zero attached hydrogens (tertiary/aromatic N) is 3. The lowest BCUT2D eigenvalue weighted by molar-refractivity contribution is -0.0448. The van der Waals surface area contributed by atoms with Crippen LogP contribution < -0.4 is 0 Å². The number of halogens is 1. The summed E-state index contributed by atoms with van der Waals surface area (Å²) in [7, 11) is 1.96. The van der Waals surface area contributed by atoms with Gasteiger partial charge in [-0.3, -0.25) is 9.58 Å². The molecule has 0 bridgehead atoms. The van der Waals surface area contributed by atoms with Gasteiger partial charge in [0.1, 0.15) is 5.82 Å². The van der Waals surface area contributed by atoms with Crippen molar-refractivity contribution in [1.29, 1.82) is 0 Å². The fourth-order valence-electron chi connectivity index (χ4n) is 4.02. The zero-order valence-corrected chi connectivity index (χ0v) is 14.1. The fraction of sp³-hybridized carbons (Fsp3) is 0.526. The van der Waals surface area contributed by atoms with E-state index in [1.54, 1.807) is 12.1 Å². The van der Waals surface area contributed by atoms with Crippen molar-refractivity contribution in [2.75, 3.05) is 19.7 Å². The third-order valence-corrected chi connectivity index (χ3v) is 5.49. The van der Waals surface area contributed by atoms with Crippen LogP contribution in [0.3, 0.4) is 0 Å². The molecule has 0 unspecified atom stereocenters. The molecule has 1 aromatic carbocycles. The minimum Gasteiger partial charge on any atom is -0.374 e. The standard InChI is InChI=1S/C19H24FN3O/c1-22-13-17(11-21-22)16-10-19(24-14-16)6-8-23(9-7-19)12-15-2-4-18(20)5-3-15/h2-5,11,13,16H,6-10,12,14H2,1H3/t16-/m1/s1. The molecule has 2 aromatic rings. The van der Waals surface area contributed by atoms with Crippen LogP contribution in [0.15, 0.2) is 36.7 Å². The molecule has 4 nitrogen and oxygen atoms in total. The number of ether oxygens (including phenoxy) is 1. The van der Waals surface area contributed by atoms with Crippen molar-refractivity contribution in [3.05, 3.63) is 53.6 Å². The van der Waals surface area contributed by atoms with E-state index < -0.39 is 0 Å². The lowest BCUT2D eigenvalue weighted by Crippen LogP contribution is -2.43. The molecule has 0 N–H and O–H groups in total. The highest BCUT2D eigenvalue weighted by atomic mass is 19.1. The number of benzene rings is 1. The normalized spacial score (nSPS) is 23.8. The molecule has 0 saturated carbocycles. The highest BCUT2D eigenvalue weighted by Crippen LogP contribution is 2.42. The molecule has 2 aliphatic rings. The Morgan fingerprint density at radius 2 is 2.00 bits per heavy atom. The number of likely N-dealkylation sites (tertiary alicyclic amines) is 1. The van der Waals surface area contributed by atoms with Crippen molar-refractivity contribution in [1.82, 2.24) is 14.7 Å². The topological polar surface area (TPSA) is 30.3 Å². The molecule has 2 fully saturated rings. The Morgan fingerprint density at radius 1 is 1.25 bits per heavy atom. The van der Waals surface area contributed by atoms with Gasteiger partial charge in [0.15, 0.2) is 0 Å². The van der Waals surface area contributed by atoms with Gasteiger partial charge in [-0.05, 0) is 42.5 Å². The van der Waals surface area contributed by atoms with Gasteiger partial charge < -0.3 is 4.74 Å². The molecule has 128 valence electrons. The van der Waals surface area contributed by atoms with Gasteiger partial charge in [0.25, 0.3) is 0 Å². The maximum absolute atomic E-state index is 13.0. The quantitative estimate of drug-likeness (QED) is 0.867. The average Bonchev–Trinajstić information content (AvgIpc) is 3.19. The molecule has 2 aliphatic heterocycles. The van der Waals surface area contributed by atoms with Crippen LogP contribution in [-0.2, 0) is 18.3 Å². The van der Waals surface area contributed by atoms with Gasteiger partial charge in [-0.2, -0.15) is 5.10 Å². The first-order valence-corrected chi connectivity index (χ1v) is 8.71. The summed E-state index contributed by atoms with van der Waals surface area (Å²) in [5.74, 6) is 0.305. The number of aryl methyl sites for hydroxylation is 1. The molecule has 4 rings (SSSR count). The molecule has 2 saturated heterocycles. The maximum Gasteiger partial charge on any atom is 0.123 e. The van der Waals surface area contributed by atoms with E-state index in [2.05, 4.69) is 16.2 Å². The molecular formula is C19H24FN3O. The first kappa shape index (κ1) is 15.8. The zero-order valence-electron chi connectivity index (χ0n) is 14.1. The largest absolute Gasteiger partial charge is 0.374 e. The molecule has 1 spiro atoms. The average molecular weight is 329 g/mol. The highest BCUT2D eigenvalue weighted by Gasteiger charge is 2.43. The minimum absolute atomic E-state index is 0.0415. The van der Waals surface area contributed by atoms with Gasteiger partial charge in [-0.25, -0.2) is 4.39 Å². The van der Waals surface area contributed by atoms with Crippen LogP contribution in [0.2, 0.25) is 0 Å². The summed E-state index contributed by atoms with van der Waals surface area (Å²) >= 11 is 0. The molecule has 24 heavy (non-hydrogen) atoms. The van der Waals surface area contributed by atoms with Crippen molar-refractivity contribution in [3.8, 4) is 0 Å². The lowest BCUT2D eigenvalue weighted by Gasteiger charge is -2.38. The second-order valence-electron chi connectivity index (χ2n) is 7.25. The highest BCUT2D eigenvalue weighted by molar-refractivity contribution is 5.17. The van der Waals surface area contributed by atoms with Gasteiger partial charge in [0.2, 0.25) is 0 Å². The van der Waals surface area contributed by atoms with Crippen molar-refractivity contribution in [2.24, 2.45) is 7.05 Å². The van der Waals surface area contributed by atoms with Crippen LogP contribution in [0.1, 0.15) is 36.3 Å². The van der Waals surface area contributed by atoms with E-state index in [4.69, 9.17) is 4.74 Å². The fourth-order valence-corrected chi connectivity index (χ4v) is 4.02. The summed E-state index contributed by atoms with van der Waals surface area (Å²) in [5.41, 5.74) is 2.51. The van der Waals surface area contributed by atoms with Crippen molar-refractivity contribution >= 4 is 0 Å². The summed E-state index contributed by atoms with van der Waals surface area (Å²) in [6, 6.07) is 6.84.